The van der Waals surface area contributed by atoms with Gasteiger partial charge in [-0.05, 0) is 42.4 Å². The van der Waals surface area contributed by atoms with Crippen molar-refractivity contribution >= 4 is 11.8 Å². The maximum atomic E-state index is 5.12. The third kappa shape index (κ3) is 4.02. The van der Waals surface area contributed by atoms with E-state index in [1.54, 1.807) is 18.9 Å². The minimum Gasteiger partial charge on any atom is -0.481 e. The number of ether oxygens (including phenoxy) is 1. The van der Waals surface area contributed by atoms with Gasteiger partial charge in [-0.15, -0.1) is 11.8 Å². The number of hydrogen-bond donors (Lipinski definition) is 0. The van der Waals surface area contributed by atoms with Crippen molar-refractivity contribution in [2.45, 2.75) is 36.9 Å². The molecule has 1 aliphatic carbocycles. The standard InChI is InChI=1S/C18H22N2OS/c1-21-18-10-5-15(11-19-18)13-20(16-6-7-16)12-14-3-8-17(22-2)9-4-14/h3-5,8-11,16H,6-7,12-13H2,1-2H3. The fourth-order valence-corrected chi connectivity index (χ4v) is 2.99. The Hall–Kier alpha value is -1.52. The minimum absolute atomic E-state index is 0.675. The first kappa shape index (κ1) is 15.4. The summed E-state index contributed by atoms with van der Waals surface area (Å²) in [5, 5.41) is 0. The lowest BCUT2D eigenvalue weighted by molar-refractivity contribution is 0.245. The second-order valence-electron chi connectivity index (χ2n) is 5.69. The molecule has 0 N–H and O–H groups in total. The van der Waals surface area contributed by atoms with Crippen molar-refractivity contribution in [3.8, 4) is 5.88 Å². The van der Waals surface area contributed by atoms with E-state index in [4.69, 9.17) is 4.74 Å². The largest absolute Gasteiger partial charge is 0.481 e. The molecule has 22 heavy (non-hydrogen) atoms. The topological polar surface area (TPSA) is 25.4 Å². The summed E-state index contributed by atoms with van der Waals surface area (Å²) in [5.41, 5.74) is 2.62. The van der Waals surface area contributed by atoms with Crippen LogP contribution in [0.4, 0.5) is 0 Å². The van der Waals surface area contributed by atoms with E-state index < -0.39 is 0 Å². The van der Waals surface area contributed by atoms with Crippen LogP contribution < -0.4 is 4.74 Å². The molecule has 1 heterocycles. The van der Waals surface area contributed by atoms with Crippen molar-refractivity contribution in [1.29, 1.82) is 0 Å². The lowest BCUT2D eigenvalue weighted by atomic mass is 10.2. The molecule has 3 nitrogen and oxygen atoms in total. The van der Waals surface area contributed by atoms with E-state index in [0.717, 1.165) is 19.1 Å². The summed E-state index contributed by atoms with van der Waals surface area (Å²) in [6.07, 6.45) is 6.66. The number of nitrogens with zero attached hydrogens (tertiary/aromatic N) is 2. The first-order chi connectivity index (χ1) is 10.8. The van der Waals surface area contributed by atoms with Crippen LogP contribution >= 0.6 is 11.8 Å². The zero-order valence-electron chi connectivity index (χ0n) is 13.2. The summed E-state index contributed by atoms with van der Waals surface area (Å²) in [6.45, 7) is 1.96. The number of aromatic nitrogens is 1. The zero-order valence-corrected chi connectivity index (χ0v) is 14.0. The first-order valence-corrected chi connectivity index (χ1v) is 8.87. The average molecular weight is 314 g/mol. The molecule has 2 aromatic rings. The highest BCUT2D eigenvalue weighted by atomic mass is 32.2. The Morgan fingerprint density at radius 2 is 1.77 bits per heavy atom. The molecule has 0 atom stereocenters. The maximum Gasteiger partial charge on any atom is 0.212 e. The fourth-order valence-electron chi connectivity index (χ4n) is 2.58. The van der Waals surface area contributed by atoms with Gasteiger partial charge in [-0.25, -0.2) is 4.98 Å². The Morgan fingerprint density at radius 1 is 1.09 bits per heavy atom. The van der Waals surface area contributed by atoms with E-state index in [1.165, 1.54) is 28.9 Å². The molecule has 1 aromatic carbocycles. The average Bonchev–Trinajstić information content (AvgIpc) is 3.40. The van der Waals surface area contributed by atoms with Crippen LogP contribution in [0, 0.1) is 0 Å². The van der Waals surface area contributed by atoms with Crippen LogP contribution in [0.15, 0.2) is 47.5 Å². The second kappa shape index (κ2) is 7.16. The summed E-state index contributed by atoms with van der Waals surface area (Å²) in [6, 6.07) is 13.7. The molecule has 0 spiro atoms. The zero-order chi connectivity index (χ0) is 15.4. The van der Waals surface area contributed by atoms with Crippen molar-refractivity contribution in [3.63, 3.8) is 0 Å². The molecular weight excluding hydrogens is 292 g/mol. The van der Waals surface area contributed by atoms with Crippen molar-refractivity contribution in [2.24, 2.45) is 0 Å². The van der Waals surface area contributed by atoms with Gasteiger partial charge < -0.3 is 4.74 Å². The Balaban J connectivity index is 1.66. The van der Waals surface area contributed by atoms with Crippen LogP contribution in [0.1, 0.15) is 24.0 Å². The first-order valence-electron chi connectivity index (χ1n) is 7.64. The number of thioether (sulfide) groups is 1. The highest BCUT2D eigenvalue weighted by Gasteiger charge is 2.28. The third-order valence-corrected chi connectivity index (χ3v) is 4.74. The number of hydrogen-bond acceptors (Lipinski definition) is 4. The van der Waals surface area contributed by atoms with E-state index >= 15 is 0 Å². The molecule has 4 heteroatoms. The number of benzene rings is 1. The van der Waals surface area contributed by atoms with Gasteiger partial charge in [-0.3, -0.25) is 4.90 Å². The molecule has 0 radical (unpaired) electrons. The van der Waals surface area contributed by atoms with Crippen molar-refractivity contribution < 1.29 is 4.74 Å². The SMILES string of the molecule is COc1ccc(CN(Cc2ccc(SC)cc2)C2CC2)cn1. The summed E-state index contributed by atoms with van der Waals surface area (Å²) in [5.74, 6) is 0.675. The monoisotopic (exact) mass is 314 g/mol. The lowest BCUT2D eigenvalue weighted by Gasteiger charge is -2.22. The van der Waals surface area contributed by atoms with Crippen molar-refractivity contribution in [3.05, 3.63) is 53.7 Å². The van der Waals surface area contributed by atoms with Crippen LogP contribution in [-0.2, 0) is 13.1 Å². The van der Waals surface area contributed by atoms with Crippen LogP contribution in [0.3, 0.4) is 0 Å². The molecule has 1 fully saturated rings. The molecule has 116 valence electrons. The predicted octanol–water partition coefficient (Wildman–Crippen LogP) is 3.98. The van der Waals surface area contributed by atoms with E-state index in [1.807, 2.05) is 12.3 Å². The van der Waals surface area contributed by atoms with Gasteiger partial charge in [-0.1, -0.05) is 18.2 Å². The van der Waals surface area contributed by atoms with Crippen LogP contribution in [-0.4, -0.2) is 29.3 Å². The highest BCUT2D eigenvalue weighted by molar-refractivity contribution is 7.98. The van der Waals surface area contributed by atoms with E-state index in [9.17, 15) is 0 Å². The normalized spacial score (nSPS) is 14.3. The summed E-state index contributed by atoms with van der Waals surface area (Å²) >= 11 is 1.79. The fraction of sp³-hybridized carbons (Fsp3) is 0.389. The van der Waals surface area contributed by atoms with E-state index in [0.29, 0.717) is 5.88 Å². The van der Waals surface area contributed by atoms with E-state index in [-0.39, 0.29) is 0 Å². The highest BCUT2D eigenvalue weighted by Crippen LogP contribution is 2.30. The van der Waals surface area contributed by atoms with Gasteiger partial charge in [0.25, 0.3) is 0 Å². The molecule has 0 unspecified atom stereocenters. The van der Waals surface area contributed by atoms with Crippen LogP contribution in [0.2, 0.25) is 0 Å². The number of pyridine rings is 1. The van der Waals surface area contributed by atoms with Gasteiger partial charge in [0, 0.05) is 36.3 Å². The van der Waals surface area contributed by atoms with Crippen molar-refractivity contribution in [2.75, 3.05) is 13.4 Å². The molecule has 0 amide bonds. The quantitative estimate of drug-likeness (QED) is 0.722. The predicted molar refractivity (Wildman–Crippen MR) is 91.3 cm³/mol. The molecule has 1 aromatic heterocycles. The molecule has 1 aliphatic rings. The minimum atomic E-state index is 0.675. The van der Waals surface area contributed by atoms with Crippen LogP contribution in [0.25, 0.3) is 0 Å². The van der Waals surface area contributed by atoms with Crippen LogP contribution in [0.5, 0.6) is 5.88 Å². The number of rotatable bonds is 7. The van der Waals surface area contributed by atoms with Gasteiger partial charge in [-0.2, -0.15) is 0 Å². The Bertz CT molecular complexity index is 544. The van der Waals surface area contributed by atoms with Gasteiger partial charge in [0.05, 0.1) is 7.11 Å². The smallest absolute Gasteiger partial charge is 0.212 e. The van der Waals surface area contributed by atoms with Gasteiger partial charge in [0.1, 0.15) is 0 Å². The second-order valence-corrected chi connectivity index (χ2v) is 6.57. The molecule has 0 saturated heterocycles. The Kier molecular flexibility index (Phi) is 5.01. The molecule has 1 saturated carbocycles. The molecule has 0 aliphatic heterocycles. The Morgan fingerprint density at radius 3 is 2.32 bits per heavy atom. The maximum absolute atomic E-state index is 5.12. The van der Waals surface area contributed by atoms with Gasteiger partial charge in [0.15, 0.2) is 0 Å². The van der Waals surface area contributed by atoms with Gasteiger partial charge in [0.2, 0.25) is 5.88 Å². The molecular formula is C18H22N2OS. The molecule has 0 bridgehead atoms. The van der Waals surface area contributed by atoms with E-state index in [2.05, 4.69) is 46.5 Å². The van der Waals surface area contributed by atoms with Gasteiger partial charge >= 0.3 is 0 Å². The summed E-state index contributed by atoms with van der Waals surface area (Å²) in [4.78, 5) is 8.18. The molecule has 3 rings (SSSR count). The van der Waals surface area contributed by atoms with Crippen molar-refractivity contribution in [1.82, 2.24) is 9.88 Å². The summed E-state index contributed by atoms with van der Waals surface area (Å²) < 4.78 is 5.12. The third-order valence-electron chi connectivity index (χ3n) is 4.00. The summed E-state index contributed by atoms with van der Waals surface area (Å²) in [7, 11) is 1.65. The lowest BCUT2D eigenvalue weighted by Crippen LogP contribution is -2.25. The number of methoxy groups -OCH3 is 1. The Labute approximate surface area is 136 Å².